The second-order valence-corrected chi connectivity index (χ2v) is 21.6. The van der Waals surface area contributed by atoms with Crippen LogP contribution in [0.25, 0.3) is 0 Å². The summed E-state index contributed by atoms with van der Waals surface area (Å²) < 4.78 is 28.5. The Morgan fingerprint density at radius 1 is 0.420 bits per heavy atom. The Kier molecular flexibility index (Phi) is 51.7. The second-order valence-electron chi connectivity index (χ2n) is 21.6. The summed E-state index contributed by atoms with van der Waals surface area (Å²) in [6.07, 6.45) is 62.2. The first-order valence-electron chi connectivity index (χ1n) is 32.2. The molecule has 0 aliphatic carbocycles. The van der Waals surface area contributed by atoms with Crippen LogP contribution < -0.4 is 0 Å². The topological polar surface area (TPSA) is 175 Å². The van der Waals surface area contributed by atoms with E-state index in [1.165, 1.54) is 77.0 Å². The van der Waals surface area contributed by atoms with Gasteiger partial charge in [0.2, 0.25) is 0 Å². The standard InChI is InChI=1S/C69H114O12/c1-4-7-10-13-16-19-22-25-28-30-31-33-35-37-40-43-46-49-52-55-61(70)77-58-60(79-62(71)56-53-50-47-44-41-38-34-27-24-21-18-15-12-9-6-3)59-78-69-67(65(74)64(73)66(81-69)68(75)76)80-63(72)57-54-51-48-45-42-39-36-32-29-26-23-20-17-14-11-8-5-2/h7,9-10,12,16,18-19,21,25,27-28,31,33-34,37,40,60,64-67,69,73-74H,4-6,8,11,13-15,17,20,22-24,26,29-30,32,35-36,38-39,41-59H2,1-3H3,(H,75,76)/b10-7-,12-9-,19-16-,21-18-,28-25-,33-31-,34-27-,40-37-. The van der Waals surface area contributed by atoms with Crippen LogP contribution in [0.2, 0.25) is 0 Å². The van der Waals surface area contributed by atoms with Gasteiger partial charge in [-0.3, -0.25) is 14.4 Å². The maximum atomic E-state index is 13.2. The zero-order valence-electron chi connectivity index (χ0n) is 51.0. The van der Waals surface area contributed by atoms with Crippen LogP contribution in [0.3, 0.4) is 0 Å². The zero-order chi connectivity index (χ0) is 58.9. The predicted molar refractivity (Wildman–Crippen MR) is 331 cm³/mol. The Morgan fingerprint density at radius 3 is 1.20 bits per heavy atom. The third-order valence-corrected chi connectivity index (χ3v) is 14.2. The quantitative estimate of drug-likeness (QED) is 0.0228. The molecule has 12 nitrogen and oxygen atoms in total. The van der Waals surface area contributed by atoms with Gasteiger partial charge in [-0.1, -0.05) is 246 Å². The average Bonchev–Trinajstić information content (AvgIpc) is 3.53. The molecule has 462 valence electrons. The average molecular weight is 1140 g/mol. The van der Waals surface area contributed by atoms with E-state index in [4.69, 9.17) is 23.7 Å². The first kappa shape index (κ1) is 74.7. The maximum Gasteiger partial charge on any atom is 0.335 e. The van der Waals surface area contributed by atoms with Crippen molar-refractivity contribution in [2.24, 2.45) is 0 Å². The Morgan fingerprint density at radius 2 is 0.778 bits per heavy atom. The van der Waals surface area contributed by atoms with E-state index in [0.717, 1.165) is 128 Å². The van der Waals surface area contributed by atoms with Crippen LogP contribution in [0.4, 0.5) is 0 Å². The summed E-state index contributed by atoms with van der Waals surface area (Å²) in [4.78, 5) is 51.3. The minimum absolute atomic E-state index is 0.0546. The molecule has 3 N–H and O–H groups in total. The van der Waals surface area contributed by atoms with Crippen LogP contribution in [-0.2, 0) is 42.9 Å². The largest absolute Gasteiger partial charge is 0.479 e. The van der Waals surface area contributed by atoms with Crippen molar-refractivity contribution in [1.82, 2.24) is 0 Å². The molecule has 0 radical (unpaired) electrons. The highest BCUT2D eigenvalue weighted by atomic mass is 16.7. The van der Waals surface area contributed by atoms with E-state index in [1.807, 2.05) is 0 Å². The van der Waals surface area contributed by atoms with Crippen LogP contribution in [0.1, 0.15) is 265 Å². The lowest BCUT2D eigenvalue weighted by Gasteiger charge is -2.40. The number of carbonyl (C=O) groups is 4. The second kappa shape index (κ2) is 56.1. The van der Waals surface area contributed by atoms with Gasteiger partial charge >= 0.3 is 23.9 Å². The summed E-state index contributed by atoms with van der Waals surface area (Å²) in [5.74, 6) is -3.18. The summed E-state index contributed by atoms with van der Waals surface area (Å²) in [5, 5.41) is 31.6. The molecule has 6 atom stereocenters. The van der Waals surface area contributed by atoms with E-state index in [2.05, 4.69) is 118 Å². The third-order valence-electron chi connectivity index (χ3n) is 14.2. The fourth-order valence-electron chi connectivity index (χ4n) is 9.29. The minimum atomic E-state index is -1.91. The number of aliphatic hydroxyl groups excluding tert-OH is 2. The Labute approximate surface area is 492 Å². The summed E-state index contributed by atoms with van der Waals surface area (Å²) in [5.41, 5.74) is 0. The molecule has 0 aromatic heterocycles. The van der Waals surface area contributed by atoms with E-state index in [9.17, 15) is 34.5 Å². The van der Waals surface area contributed by atoms with Crippen molar-refractivity contribution in [3.8, 4) is 0 Å². The minimum Gasteiger partial charge on any atom is -0.479 e. The van der Waals surface area contributed by atoms with Crippen LogP contribution in [0, 0.1) is 0 Å². The molecule has 0 aromatic rings. The van der Waals surface area contributed by atoms with Gasteiger partial charge in [0.1, 0.15) is 18.8 Å². The van der Waals surface area contributed by atoms with Gasteiger partial charge in [-0.15, -0.1) is 0 Å². The van der Waals surface area contributed by atoms with Gasteiger partial charge in [-0.2, -0.15) is 0 Å². The van der Waals surface area contributed by atoms with Gasteiger partial charge in [-0.25, -0.2) is 4.79 Å². The van der Waals surface area contributed by atoms with E-state index >= 15 is 0 Å². The molecule has 1 aliphatic heterocycles. The number of allylic oxidation sites excluding steroid dienone is 16. The summed E-state index contributed by atoms with van der Waals surface area (Å²) >= 11 is 0. The van der Waals surface area contributed by atoms with Gasteiger partial charge in [0.15, 0.2) is 24.6 Å². The van der Waals surface area contributed by atoms with Crippen molar-refractivity contribution in [3.63, 3.8) is 0 Å². The number of carboxylic acids is 1. The highest BCUT2D eigenvalue weighted by Crippen LogP contribution is 2.27. The van der Waals surface area contributed by atoms with Gasteiger partial charge < -0.3 is 39.0 Å². The molecule has 1 saturated heterocycles. The molecule has 1 rings (SSSR count). The molecule has 6 unspecified atom stereocenters. The van der Waals surface area contributed by atoms with Gasteiger partial charge in [-0.05, 0) is 96.3 Å². The first-order chi connectivity index (χ1) is 39.6. The fourth-order valence-corrected chi connectivity index (χ4v) is 9.29. The van der Waals surface area contributed by atoms with Gasteiger partial charge in [0.25, 0.3) is 0 Å². The maximum absolute atomic E-state index is 13.2. The molecule has 1 aliphatic rings. The fraction of sp³-hybridized carbons (Fsp3) is 0.710. The molecule has 12 heteroatoms. The van der Waals surface area contributed by atoms with Crippen LogP contribution in [-0.4, -0.2) is 89.2 Å². The Balaban J connectivity index is 2.69. The Bertz CT molecular complexity index is 1780. The lowest BCUT2D eigenvalue weighted by Crippen LogP contribution is -2.61. The van der Waals surface area contributed by atoms with Crippen LogP contribution in [0.5, 0.6) is 0 Å². The molecule has 0 aromatic carbocycles. The van der Waals surface area contributed by atoms with Crippen molar-refractivity contribution in [1.29, 1.82) is 0 Å². The van der Waals surface area contributed by atoms with Gasteiger partial charge in [0, 0.05) is 19.3 Å². The lowest BCUT2D eigenvalue weighted by molar-refractivity contribution is -0.301. The summed E-state index contributed by atoms with van der Waals surface area (Å²) in [6, 6.07) is 0. The van der Waals surface area contributed by atoms with Crippen LogP contribution >= 0.6 is 0 Å². The number of carboxylic acid groups (broad SMARTS) is 1. The SMILES string of the molecule is CC/C=C\C/C=C\C/C=C\C/C=C\C/C=C\CCCCCC(=O)OCC(COC1OC(C(=O)O)C(O)C(O)C1OC(=O)CCCCCCCCCCCCCCCCCCC)OC(=O)CCCCCCC/C=C\C/C=C\C/C=C\CC. The monoisotopic (exact) mass is 1130 g/mol. The van der Waals surface area contributed by atoms with Crippen molar-refractivity contribution >= 4 is 23.9 Å². The predicted octanol–water partition coefficient (Wildman–Crippen LogP) is 17.2. The molecule has 1 fully saturated rings. The number of hydrogen-bond donors (Lipinski definition) is 3. The van der Waals surface area contributed by atoms with Crippen LogP contribution in [0.15, 0.2) is 97.2 Å². The summed E-state index contributed by atoms with van der Waals surface area (Å²) in [6.45, 7) is 5.75. The molecule has 81 heavy (non-hydrogen) atoms. The van der Waals surface area contributed by atoms with E-state index in [-0.39, 0.29) is 25.9 Å². The number of aliphatic carboxylic acids is 1. The van der Waals surface area contributed by atoms with Crippen molar-refractivity contribution < 1.29 is 58.2 Å². The Hall–Kier alpha value is -4.36. The number of esters is 3. The number of unbranched alkanes of at least 4 members (excludes halogenated alkanes) is 24. The molecule has 0 bridgehead atoms. The number of carbonyl (C=O) groups excluding carboxylic acids is 3. The molecule has 0 saturated carbocycles. The smallest absolute Gasteiger partial charge is 0.335 e. The molecular weight excluding hydrogens is 1020 g/mol. The van der Waals surface area contributed by atoms with Gasteiger partial charge in [0.05, 0.1) is 6.61 Å². The zero-order valence-corrected chi connectivity index (χ0v) is 51.0. The molecule has 1 heterocycles. The van der Waals surface area contributed by atoms with Crippen molar-refractivity contribution in [2.45, 2.75) is 302 Å². The highest BCUT2D eigenvalue weighted by molar-refractivity contribution is 5.74. The molecule has 0 spiro atoms. The number of rotatable bonds is 54. The molecule has 0 amide bonds. The number of aliphatic hydroxyl groups is 2. The summed E-state index contributed by atoms with van der Waals surface area (Å²) in [7, 11) is 0. The normalized spacial score (nSPS) is 18.4. The first-order valence-corrected chi connectivity index (χ1v) is 32.2. The van der Waals surface area contributed by atoms with E-state index in [0.29, 0.717) is 19.3 Å². The van der Waals surface area contributed by atoms with Crippen molar-refractivity contribution in [2.75, 3.05) is 13.2 Å². The number of ether oxygens (including phenoxy) is 5. The highest BCUT2D eigenvalue weighted by Gasteiger charge is 2.50. The van der Waals surface area contributed by atoms with E-state index < -0.39 is 67.3 Å². The van der Waals surface area contributed by atoms with Crippen molar-refractivity contribution in [3.05, 3.63) is 97.2 Å². The third kappa shape index (κ3) is 45.8. The lowest BCUT2D eigenvalue weighted by atomic mass is 9.98. The molecular formula is C69H114O12. The number of hydrogen-bond acceptors (Lipinski definition) is 11. The van der Waals surface area contributed by atoms with E-state index in [1.54, 1.807) is 0 Å².